The quantitative estimate of drug-likeness (QED) is 0.821. The molecule has 1 aliphatic carbocycles. The molecule has 0 aliphatic heterocycles. The van der Waals surface area contributed by atoms with Crippen molar-refractivity contribution in [1.82, 2.24) is 5.32 Å². The van der Waals surface area contributed by atoms with Crippen LogP contribution >= 0.6 is 11.6 Å². The highest BCUT2D eigenvalue weighted by atomic mass is 35.5. The molecule has 0 saturated heterocycles. The van der Waals surface area contributed by atoms with Gasteiger partial charge in [0.15, 0.2) is 0 Å². The van der Waals surface area contributed by atoms with Crippen molar-refractivity contribution in [3.63, 3.8) is 0 Å². The minimum absolute atomic E-state index is 0.259. The van der Waals surface area contributed by atoms with Crippen LogP contribution in [-0.4, -0.2) is 12.6 Å². The van der Waals surface area contributed by atoms with Crippen molar-refractivity contribution in [2.24, 2.45) is 11.8 Å². The van der Waals surface area contributed by atoms with Crippen molar-refractivity contribution < 1.29 is 4.39 Å². The summed E-state index contributed by atoms with van der Waals surface area (Å²) in [5.74, 6) is 1.27. The van der Waals surface area contributed by atoms with E-state index in [1.165, 1.54) is 37.8 Å². The molecule has 1 aliphatic rings. The van der Waals surface area contributed by atoms with Crippen molar-refractivity contribution in [2.45, 2.75) is 52.0 Å². The summed E-state index contributed by atoms with van der Waals surface area (Å²) in [4.78, 5) is 0. The maximum absolute atomic E-state index is 13.1. The SMILES string of the molecule is CCNC(Cc1ccc(F)cc1Cl)C1CCCC(C)C1. The fourth-order valence-corrected chi connectivity index (χ4v) is 3.68. The second-order valence-corrected chi connectivity index (χ2v) is 6.54. The number of likely N-dealkylation sites (N-methyl/N-ethyl adjacent to an activating group) is 1. The van der Waals surface area contributed by atoms with E-state index >= 15 is 0 Å². The molecule has 1 nitrogen and oxygen atoms in total. The number of benzene rings is 1. The van der Waals surface area contributed by atoms with Gasteiger partial charge in [-0.15, -0.1) is 0 Å². The zero-order valence-corrected chi connectivity index (χ0v) is 13.2. The van der Waals surface area contributed by atoms with E-state index in [2.05, 4.69) is 19.2 Å². The third-order valence-corrected chi connectivity index (χ3v) is 4.82. The molecule has 2 rings (SSSR count). The van der Waals surface area contributed by atoms with Crippen molar-refractivity contribution in [2.75, 3.05) is 6.54 Å². The molecule has 0 spiro atoms. The summed E-state index contributed by atoms with van der Waals surface area (Å²) in [5.41, 5.74) is 1.05. The Morgan fingerprint density at radius 2 is 2.20 bits per heavy atom. The molecule has 1 fully saturated rings. The first kappa shape index (κ1) is 15.8. The molecule has 1 saturated carbocycles. The molecule has 112 valence electrons. The van der Waals surface area contributed by atoms with E-state index in [9.17, 15) is 4.39 Å². The smallest absolute Gasteiger partial charge is 0.124 e. The zero-order chi connectivity index (χ0) is 14.5. The van der Waals surface area contributed by atoms with Crippen LogP contribution in [0.3, 0.4) is 0 Å². The minimum Gasteiger partial charge on any atom is -0.314 e. The van der Waals surface area contributed by atoms with Crippen LogP contribution in [0.25, 0.3) is 0 Å². The van der Waals surface area contributed by atoms with E-state index in [4.69, 9.17) is 11.6 Å². The summed E-state index contributed by atoms with van der Waals surface area (Å²) >= 11 is 6.17. The van der Waals surface area contributed by atoms with Crippen LogP contribution in [0.15, 0.2) is 18.2 Å². The van der Waals surface area contributed by atoms with Crippen molar-refractivity contribution in [3.05, 3.63) is 34.6 Å². The van der Waals surface area contributed by atoms with Gasteiger partial charge in [0.1, 0.15) is 5.82 Å². The maximum Gasteiger partial charge on any atom is 0.124 e. The molecular formula is C17H25ClFN. The predicted octanol–water partition coefficient (Wildman–Crippen LogP) is 4.83. The Morgan fingerprint density at radius 3 is 2.85 bits per heavy atom. The maximum atomic E-state index is 13.1. The summed E-state index contributed by atoms with van der Waals surface area (Å²) in [6.45, 7) is 5.46. The standard InChI is InChI=1S/C17H25ClFN/c1-3-20-17(14-6-4-5-12(2)9-14)10-13-7-8-15(19)11-16(13)18/h7-8,11-12,14,17,20H,3-6,9-10H2,1-2H3. The molecule has 1 aromatic carbocycles. The van der Waals surface area contributed by atoms with E-state index in [-0.39, 0.29) is 5.82 Å². The van der Waals surface area contributed by atoms with Crippen LogP contribution in [0.1, 0.15) is 45.1 Å². The van der Waals surface area contributed by atoms with E-state index in [0.717, 1.165) is 24.4 Å². The molecular weight excluding hydrogens is 273 g/mol. The van der Waals surface area contributed by atoms with Gasteiger partial charge < -0.3 is 5.32 Å². The van der Waals surface area contributed by atoms with Gasteiger partial charge in [-0.25, -0.2) is 4.39 Å². The van der Waals surface area contributed by atoms with Crippen LogP contribution in [0, 0.1) is 17.7 Å². The lowest BCUT2D eigenvalue weighted by atomic mass is 9.77. The van der Waals surface area contributed by atoms with Gasteiger partial charge in [-0.1, -0.05) is 44.4 Å². The lowest BCUT2D eigenvalue weighted by molar-refractivity contribution is 0.222. The third-order valence-electron chi connectivity index (χ3n) is 4.47. The molecule has 0 aromatic heterocycles. The Kier molecular flexibility index (Phi) is 5.86. The van der Waals surface area contributed by atoms with Crippen LogP contribution in [-0.2, 0) is 6.42 Å². The van der Waals surface area contributed by atoms with Crippen molar-refractivity contribution in [1.29, 1.82) is 0 Å². The van der Waals surface area contributed by atoms with Crippen LogP contribution < -0.4 is 5.32 Å². The molecule has 20 heavy (non-hydrogen) atoms. The Morgan fingerprint density at radius 1 is 1.40 bits per heavy atom. The molecule has 1 N–H and O–H groups in total. The van der Waals surface area contributed by atoms with Gasteiger partial charge in [-0.2, -0.15) is 0 Å². The Balaban J connectivity index is 2.08. The Hall–Kier alpha value is -0.600. The average Bonchev–Trinajstić information content (AvgIpc) is 2.41. The summed E-state index contributed by atoms with van der Waals surface area (Å²) in [6.07, 6.45) is 6.15. The number of rotatable bonds is 5. The highest BCUT2D eigenvalue weighted by molar-refractivity contribution is 6.31. The third kappa shape index (κ3) is 4.20. The number of hydrogen-bond donors (Lipinski definition) is 1. The molecule has 1 aromatic rings. The van der Waals surface area contributed by atoms with Gasteiger partial charge in [0.05, 0.1) is 0 Å². The van der Waals surface area contributed by atoms with E-state index in [1.807, 2.05) is 6.07 Å². The summed E-state index contributed by atoms with van der Waals surface area (Å²) in [5, 5.41) is 4.16. The fourth-order valence-electron chi connectivity index (χ4n) is 3.44. The van der Waals surface area contributed by atoms with Crippen LogP contribution in [0.2, 0.25) is 5.02 Å². The van der Waals surface area contributed by atoms with Gasteiger partial charge in [-0.3, -0.25) is 0 Å². The lowest BCUT2D eigenvalue weighted by Gasteiger charge is -2.34. The number of nitrogens with one attached hydrogen (secondary N) is 1. The lowest BCUT2D eigenvalue weighted by Crippen LogP contribution is -2.40. The second kappa shape index (κ2) is 7.42. The van der Waals surface area contributed by atoms with Crippen molar-refractivity contribution >= 4 is 11.6 Å². The van der Waals surface area contributed by atoms with Crippen LogP contribution in [0.4, 0.5) is 4.39 Å². The first-order chi connectivity index (χ1) is 9.60. The minimum atomic E-state index is -0.259. The van der Waals surface area contributed by atoms with Gasteiger partial charge >= 0.3 is 0 Å². The molecule has 0 radical (unpaired) electrons. The normalized spacial score (nSPS) is 24.6. The van der Waals surface area contributed by atoms with Gasteiger partial charge in [0.2, 0.25) is 0 Å². The Labute approximate surface area is 126 Å². The average molecular weight is 298 g/mol. The molecule has 0 amide bonds. The predicted molar refractivity (Wildman–Crippen MR) is 83.7 cm³/mol. The van der Waals surface area contributed by atoms with Crippen LogP contribution in [0.5, 0.6) is 0 Å². The summed E-state index contributed by atoms with van der Waals surface area (Å²) in [6, 6.07) is 5.21. The monoisotopic (exact) mass is 297 g/mol. The zero-order valence-electron chi connectivity index (χ0n) is 12.5. The van der Waals surface area contributed by atoms with E-state index in [0.29, 0.717) is 17.0 Å². The molecule has 0 heterocycles. The molecule has 0 bridgehead atoms. The number of halogens is 2. The highest BCUT2D eigenvalue weighted by Crippen LogP contribution is 2.32. The summed E-state index contributed by atoms with van der Waals surface area (Å²) in [7, 11) is 0. The van der Waals surface area contributed by atoms with E-state index in [1.54, 1.807) is 0 Å². The van der Waals surface area contributed by atoms with E-state index < -0.39 is 0 Å². The summed E-state index contributed by atoms with van der Waals surface area (Å²) < 4.78 is 13.1. The Bertz CT molecular complexity index is 435. The largest absolute Gasteiger partial charge is 0.314 e. The molecule has 3 unspecified atom stereocenters. The first-order valence-electron chi connectivity index (χ1n) is 7.77. The first-order valence-corrected chi connectivity index (χ1v) is 8.15. The van der Waals surface area contributed by atoms with Gasteiger partial charge in [0.25, 0.3) is 0 Å². The number of hydrogen-bond acceptors (Lipinski definition) is 1. The highest BCUT2D eigenvalue weighted by Gasteiger charge is 2.26. The molecule has 3 atom stereocenters. The molecule has 3 heteroatoms. The van der Waals surface area contributed by atoms with Gasteiger partial charge in [-0.05, 0) is 55.3 Å². The van der Waals surface area contributed by atoms with Crippen molar-refractivity contribution in [3.8, 4) is 0 Å². The topological polar surface area (TPSA) is 12.0 Å². The fraction of sp³-hybridized carbons (Fsp3) is 0.647. The van der Waals surface area contributed by atoms with Gasteiger partial charge in [0, 0.05) is 11.1 Å². The second-order valence-electron chi connectivity index (χ2n) is 6.14.